The summed E-state index contributed by atoms with van der Waals surface area (Å²) >= 11 is 0. The monoisotopic (exact) mass is 379 g/mol. The number of hydrogen-bond donors (Lipinski definition) is 1. The van der Waals surface area contributed by atoms with E-state index < -0.39 is 5.97 Å². The Morgan fingerprint density at radius 1 is 1.00 bits per heavy atom. The number of Topliss-reactive ketones (excluding diaryl/α,β-unsaturated/α-hetero) is 1. The first-order chi connectivity index (χ1) is 13.5. The molecule has 28 heavy (non-hydrogen) atoms. The summed E-state index contributed by atoms with van der Waals surface area (Å²) in [6.07, 6.45) is 4.42. The van der Waals surface area contributed by atoms with E-state index in [0.29, 0.717) is 11.1 Å². The molecular formula is C23H25NO4. The van der Waals surface area contributed by atoms with Crippen molar-refractivity contribution in [1.29, 1.82) is 0 Å². The van der Waals surface area contributed by atoms with Crippen LogP contribution in [0, 0.1) is 6.92 Å². The van der Waals surface area contributed by atoms with E-state index in [1.54, 1.807) is 12.1 Å². The second-order valence-electron chi connectivity index (χ2n) is 7.10. The van der Waals surface area contributed by atoms with Crippen LogP contribution in [0.5, 0.6) is 0 Å². The molecule has 0 spiro atoms. The first kappa shape index (κ1) is 19.8. The molecule has 0 unspecified atom stereocenters. The van der Waals surface area contributed by atoms with Crippen molar-refractivity contribution in [3.05, 3.63) is 70.3 Å². The zero-order chi connectivity index (χ0) is 19.9. The van der Waals surface area contributed by atoms with Gasteiger partial charge in [-0.3, -0.25) is 14.4 Å². The van der Waals surface area contributed by atoms with Crippen LogP contribution in [0.2, 0.25) is 0 Å². The summed E-state index contributed by atoms with van der Waals surface area (Å²) in [7, 11) is 0. The molecule has 5 heteroatoms. The maximum atomic E-state index is 12.3. The molecule has 1 aliphatic rings. The maximum absolute atomic E-state index is 12.3. The lowest BCUT2D eigenvalue weighted by Gasteiger charge is -2.16. The number of hydrogen-bond acceptors (Lipinski definition) is 4. The van der Waals surface area contributed by atoms with E-state index in [9.17, 15) is 14.4 Å². The highest BCUT2D eigenvalue weighted by atomic mass is 16.5. The topological polar surface area (TPSA) is 72.5 Å². The highest BCUT2D eigenvalue weighted by Gasteiger charge is 2.15. The molecule has 0 aromatic heterocycles. The van der Waals surface area contributed by atoms with Gasteiger partial charge in [-0.25, -0.2) is 0 Å². The van der Waals surface area contributed by atoms with Gasteiger partial charge in [0.05, 0.1) is 6.42 Å². The van der Waals surface area contributed by atoms with Crippen LogP contribution in [0.1, 0.15) is 56.7 Å². The molecule has 2 aromatic rings. The number of carbonyl (C=O) groups is 3. The summed E-state index contributed by atoms with van der Waals surface area (Å²) in [6, 6.07) is 13.0. The first-order valence-electron chi connectivity index (χ1n) is 9.69. The van der Waals surface area contributed by atoms with Crippen molar-refractivity contribution in [2.45, 2.75) is 39.0 Å². The first-order valence-corrected chi connectivity index (χ1v) is 9.69. The molecule has 0 radical (unpaired) electrons. The Morgan fingerprint density at radius 3 is 2.54 bits per heavy atom. The van der Waals surface area contributed by atoms with Crippen molar-refractivity contribution in [3.63, 3.8) is 0 Å². The van der Waals surface area contributed by atoms with Gasteiger partial charge in [0.15, 0.2) is 12.4 Å². The fourth-order valence-corrected chi connectivity index (χ4v) is 3.41. The van der Waals surface area contributed by atoms with Gasteiger partial charge in [0, 0.05) is 17.7 Å². The van der Waals surface area contributed by atoms with Crippen molar-refractivity contribution in [1.82, 2.24) is 5.32 Å². The number of benzene rings is 2. The van der Waals surface area contributed by atoms with Crippen LogP contribution >= 0.6 is 0 Å². The van der Waals surface area contributed by atoms with Gasteiger partial charge in [0.1, 0.15) is 0 Å². The number of esters is 1. The highest BCUT2D eigenvalue weighted by Crippen LogP contribution is 2.22. The minimum Gasteiger partial charge on any atom is -0.457 e. The minimum atomic E-state index is -0.503. The van der Waals surface area contributed by atoms with Crippen LogP contribution in [-0.2, 0) is 22.4 Å². The molecule has 3 rings (SSSR count). The number of aryl methyl sites for hydroxylation is 3. The summed E-state index contributed by atoms with van der Waals surface area (Å²) in [5.74, 6) is -0.932. The zero-order valence-corrected chi connectivity index (χ0v) is 16.1. The number of rotatable bonds is 7. The molecule has 0 aliphatic heterocycles. The Hall–Kier alpha value is -2.95. The molecule has 5 nitrogen and oxygen atoms in total. The van der Waals surface area contributed by atoms with Crippen LogP contribution in [0.3, 0.4) is 0 Å². The van der Waals surface area contributed by atoms with Gasteiger partial charge in [-0.05, 0) is 61.4 Å². The van der Waals surface area contributed by atoms with Crippen LogP contribution in [-0.4, -0.2) is 30.8 Å². The van der Waals surface area contributed by atoms with E-state index in [1.807, 2.05) is 37.3 Å². The molecule has 0 saturated heterocycles. The second-order valence-corrected chi connectivity index (χ2v) is 7.10. The Balaban J connectivity index is 1.42. The summed E-state index contributed by atoms with van der Waals surface area (Å²) in [6.45, 7) is 1.75. The van der Waals surface area contributed by atoms with Crippen LogP contribution < -0.4 is 5.32 Å². The molecule has 0 saturated carbocycles. The molecule has 0 atom stereocenters. The number of ether oxygens (including phenoxy) is 1. The number of nitrogens with one attached hydrogen (secondary N) is 1. The van der Waals surface area contributed by atoms with Crippen LogP contribution in [0.15, 0.2) is 42.5 Å². The maximum Gasteiger partial charge on any atom is 0.308 e. The third-order valence-electron chi connectivity index (χ3n) is 5.04. The lowest BCUT2D eigenvalue weighted by Crippen LogP contribution is -2.27. The predicted molar refractivity (Wildman–Crippen MR) is 107 cm³/mol. The smallest absolute Gasteiger partial charge is 0.308 e. The standard InChI is InChI=1S/C23H25NO4/c1-16-6-2-5-9-20(16)23(27)24-13-12-22(26)28-15-21(25)19-11-10-17-7-3-4-8-18(17)14-19/h2,5-6,9-11,14H,3-4,7-8,12-13,15H2,1H3,(H,24,27). The van der Waals surface area contributed by atoms with Crippen LogP contribution in [0.25, 0.3) is 0 Å². The van der Waals surface area contributed by atoms with Gasteiger partial charge >= 0.3 is 5.97 Å². The lowest BCUT2D eigenvalue weighted by molar-refractivity contribution is -0.142. The van der Waals surface area contributed by atoms with Gasteiger partial charge in [0.2, 0.25) is 0 Å². The number of carbonyl (C=O) groups excluding carboxylic acids is 3. The van der Waals surface area contributed by atoms with E-state index >= 15 is 0 Å². The van der Waals surface area contributed by atoms with E-state index in [4.69, 9.17) is 4.74 Å². The summed E-state index contributed by atoms with van der Waals surface area (Å²) in [5.41, 5.74) is 4.57. The third-order valence-corrected chi connectivity index (χ3v) is 5.04. The predicted octanol–water partition coefficient (Wildman–Crippen LogP) is 3.42. The van der Waals surface area contributed by atoms with Crippen molar-refractivity contribution in [3.8, 4) is 0 Å². The molecule has 0 bridgehead atoms. The Bertz CT molecular complexity index is 888. The molecule has 0 fully saturated rings. The SMILES string of the molecule is Cc1ccccc1C(=O)NCCC(=O)OCC(=O)c1ccc2c(c1)CCCC2. The van der Waals surface area contributed by atoms with Crippen molar-refractivity contribution in [2.75, 3.05) is 13.2 Å². The summed E-state index contributed by atoms with van der Waals surface area (Å²) in [4.78, 5) is 36.3. The quantitative estimate of drug-likeness (QED) is 0.591. The number of ketones is 1. The van der Waals surface area contributed by atoms with Gasteiger partial charge in [-0.1, -0.05) is 30.3 Å². The van der Waals surface area contributed by atoms with Gasteiger partial charge < -0.3 is 10.1 Å². The Kier molecular flexibility index (Phi) is 6.58. The van der Waals surface area contributed by atoms with Crippen molar-refractivity contribution < 1.29 is 19.1 Å². The van der Waals surface area contributed by atoms with E-state index in [2.05, 4.69) is 5.32 Å². The average Bonchev–Trinajstić information content (AvgIpc) is 2.71. The number of fused-ring (bicyclic) bond motifs is 1. The van der Waals surface area contributed by atoms with E-state index in [1.165, 1.54) is 17.5 Å². The van der Waals surface area contributed by atoms with Gasteiger partial charge in [-0.15, -0.1) is 0 Å². The second kappa shape index (κ2) is 9.31. The fourth-order valence-electron chi connectivity index (χ4n) is 3.41. The molecule has 2 aromatic carbocycles. The van der Waals surface area contributed by atoms with E-state index in [-0.39, 0.29) is 31.3 Å². The molecular weight excluding hydrogens is 354 g/mol. The lowest BCUT2D eigenvalue weighted by atomic mass is 9.90. The fraction of sp³-hybridized carbons (Fsp3) is 0.348. The highest BCUT2D eigenvalue weighted by molar-refractivity contribution is 5.98. The average molecular weight is 379 g/mol. The minimum absolute atomic E-state index is 0.0229. The molecule has 0 heterocycles. The summed E-state index contributed by atoms with van der Waals surface area (Å²) < 4.78 is 5.07. The normalized spacial score (nSPS) is 12.8. The van der Waals surface area contributed by atoms with Gasteiger partial charge in [0.25, 0.3) is 5.91 Å². The summed E-state index contributed by atoms with van der Waals surface area (Å²) in [5, 5.41) is 2.70. The van der Waals surface area contributed by atoms with Crippen molar-refractivity contribution >= 4 is 17.7 Å². The molecule has 1 N–H and O–H groups in total. The Labute approximate surface area is 165 Å². The third kappa shape index (κ3) is 5.06. The molecule has 1 amide bonds. The van der Waals surface area contributed by atoms with Crippen molar-refractivity contribution in [2.24, 2.45) is 0 Å². The number of amides is 1. The largest absolute Gasteiger partial charge is 0.457 e. The Morgan fingerprint density at radius 2 is 1.75 bits per heavy atom. The van der Waals surface area contributed by atoms with E-state index in [0.717, 1.165) is 24.8 Å². The van der Waals surface area contributed by atoms with Gasteiger partial charge in [-0.2, -0.15) is 0 Å². The molecule has 146 valence electrons. The molecule has 1 aliphatic carbocycles. The zero-order valence-electron chi connectivity index (χ0n) is 16.1. The van der Waals surface area contributed by atoms with Crippen LogP contribution in [0.4, 0.5) is 0 Å².